The standard InChI is InChI=1S/C30H48O9/c1-8-24-30(7,36)28(34)23(38-24)16-18(2)10-9-11-19(3)27-20(4)12-13-25(37-21(5)31)29(6,35)15-14-22(32)17-26(33)39-27/h9-13,18,20,22-25,27-28,32,34-36H,8,14-17H2,1-7H3. The van der Waals surface area contributed by atoms with Gasteiger partial charge in [0, 0.05) is 12.8 Å². The van der Waals surface area contributed by atoms with Crippen LogP contribution in [0.25, 0.3) is 0 Å². The lowest BCUT2D eigenvalue weighted by atomic mass is 9.88. The van der Waals surface area contributed by atoms with Crippen molar-refractivity contribution >= 4 is 11.9 Å². The van der Waals surface area contributed by atoms with Crippen molar-refractivity contribution in [2.24, 2.45) is 11.8 Å². The Morgan fingerprint density at radius 1 is 1.23 bits per heavy atom. The van der Waals surface area contributed by atoms with Gasteiger partial charge in [-0.1, -0.05) is 45.1 Å². The molecule has 4 N–H and O–H groups in total. The van der Waals surface area contributed by atoms with E-state index in [2.05, 4.69) is 0 Å². The maximum Gasteiger partial charge on any atom is 0.309 e. The topological polar surface area (TPSA) is 143 Å². The lowest BCUT2D eigenvalue weighted by Crippen LogP contribution is -2.45. The molecule has 0 radical (unpaired) electrons. The zero-order chi connectivity index (χ0) is 29.5. The molecule has 1 fully saturated rings. The number of aliphatic hydroxyl groups excluding tert-OH is 2. The van der Waals surface area contributed by atoms with Gasteiger partial charge in [0.15, 0.2) is 0 Å². The van der Waals surface area contributed by atoms with E-state index in [1.807, 2.05) is 45.9 Å². The second-order valence-electron chi connectivity index (χ2n) is 11.7. The van der Waals surface area contributed by atoms with Gasteiger partial charge in [-0.25, -0.2) is 0 Å². The number of cyclic esters (lactones) is 1. The molecule has 1 saturated heterocycles. The van der Waals surface area contributed by atoms with Crippen LogP contribution in [0.15, 0.2) is 36.0 Å². The first-order chi connectivity index (χ1) is 18.1. The molecule has 0 saturated carbocycles. The summed E-state index contributed by atoms with van der Waals surface area (Å²) in [6.45, 7) is 12.0. The van der Waals surface area contributed by atoms with Gasteiger partial charge in [-0.15, -0.1) is 0 Å². The van der Waals surface area contributed by atoms with Crippen molar-refractivity contribution in [2.75, 3.05) is 0 Å². The Bertz CT molecular complexity index is 919. The van der Waals surface area contributed by atoms with Crippen LogP contribution < -0.4 is 0 Å². The molecule has 39 heavy (non-hydrogen) atoms. The normalized spacial score (nSPS) is 39.6. The summed E-state index contributed by atoms with van der Waals surface area (Å²) < 4.78 is 17.0. The highest BCUT2D eigenvalue weighted by Crippen LogP contribution is 2.35. The van der Waals surface area contributed by atoms with E-state index in [-0.39, 0.29) is 31.1 Å². The number of esters is 2. The number of ether oxygens (including phenoxy) is 3. The Morgan fingerprint density at radius 3 is 2.49 bits per heavy atom. The Balaban J connectivity index is 2.19. The third-order valence-corrected chi connectivity index (χ3v) is 7.78. The second-order valence-corrected chi connectivity index (χ2v) is 11.7. The minimum atomic E-state index is -1.42. The summed E-state index contributed by atoms with van der Waals surface area (Å²) in [5.41, 5.74) is -1.94. The number of hydrogen-bond acceptors (Lipinski definition) is 9. The summed E-state index contributed by atoms with van der Waals surface area (Å²) in [5.74, 6) is -1.36. The van der Waals surface area contributed by atoms with Crippen molar-refractivity contribution in [2.45, 2.75) is 128 Å². The molecule has 9 nitrogen and oxygen atoms in total. The predicted octanol–water partition coefficient (Wildman–Crippen LogP) is 3.14. The monoisotopic (exact) mass is 552 g/mol. The fourth-order valence-electron chi connectivity index (χ4n) is 5.25. The van der Waals surface area contributed by atoms with Crippen molar-refractivity contribution in [1.82, 2.24) is 0 Å². The van der Waals surface area contributed by atoms with E-state index in [9.17, 15) is 30.0 Å². The average molecular weight is 553 g/mol. The first-order valence-electron chi connectivity index (χ1n) is 13.9. The Kier molecular flexibility index (Phi) is 11.9. The number of allylic oxidation sites excluding steroid dienone is 3. The highest BCUT2D eigenvalue weighted by molar-refractivity contribution is 5.70. The number of hydrogen-bond donors (Lipinski definition) is 4. The fraction of sp³-hybridized carbons (Fsp3) is 0.733. The van der Waals surface area contributed by atoms with E-state index < -0.39 is 59.8 Å². The molecule has 9 heteroatoms. The molecule has 2 rings (SSSR count). The van der Waals surface area contributed by atoms with Crippen LogP contribution in [0, 0.1) is 11.8 Å². The molecule has 0 bridgehead atoms. The van der Waals surface area contributed by atoms with Crippen LogP contribution in [0.1, 0.15) is 80.6 Å². The van der Waals surface area contributed by atoms with Crippen LogP contribution >= 0.6 is 0 Å². The number of carbonyl (C=O) groups is 2. The van der Waals surface area contributed by atoms with Crippen LogP contribution in [0.3, 0.4) is 0 Å². The molecule has 222 valence electrons. The van der Waals surface area contributed by atoms with E-state index in [0.29, 0.717) is 12.8 Å². The van der Waals surface area contributed by atoms with Crippen LogP contribution in [0.5, 0.6) is 0 Å². The summed E-state index contributed by atoms with van der Waals surface area (Å²) >= 11 is 0. The Morgan fingerprint density at radius 2 is 1.90 bits per heavy atom. The maximum atomic E-state index is 12.6. The van der Waals surface area contributed by atoms with Gasteiger partial charge < -0.3 is 34.6 Å². The molecule has 10 atom stereocenters. The van der Waals surface area contributed by atoms with E-state index in [4.69, 9.17) is 14.2 Å². The SMILES string of the molecule is CCC1OC(CC(C)C=CC=C(C)C2OC(=O)CC(O)CCC(C)(O)C(OC(C)=O)C=CC2C)C(O)C1(C)O. The molecule has 2 heterocycles. The highest BCUT2D eigenvalue weighted by atomic mass is 16.6. The van der Waals surface area contributed by atoms with Crippen molar-refractivity contribution in [3.8, 4) is 0 Å². The minimum absolute atomic E-state index is 0.0400. The third kappa shape index (κ3) is 9.25. The molecule has 0 aliphatic carbocycles. The average Bonchev–Trinajstić information content (AvgIpc) is 3.05. The molecule has 0 spiro atoms. The quantitative estimate of drug-likeness (QED) is 0.213. The maximum absolute atomic E-state index is 12.6. The molecule has 10 unspecified atom stereocenters. The van der Waals surface area contributed by atoms with Crippen LogP contribution in [0.4, 0.5) is 0 Å². The minimum Gasteiger partial charge on any atom is -0.457 e. The number of rotatable bonds is 7. The van der Waals surface area contributed by atoms with Gasteiger partial charge in [0.25, 0.3) is 0 Å². The number of aliphatic hydroxyl groups is 4. The highest BCUT2D eigenvalue weighted by Gasteiger charge is 2.50. The first-order valence-corrected chi connectivity index (χ1v) is 13.9. The van der Waals surface area contributed by atoms with Gasteiger partial charge >= 0.3 is 11.9 Å². The van der Waals surface area contributed by atoms with E-state index >= 15 is 0 Å². The van der Waals surface area contributed by atoms with Crippen molar-refractivity contribution in [1.29, 1.82) is 0 Å². The lowest BCUT2D eigenvalue weighted by Gasteiger charge is -2.32. The molecule has 0 amide bonds. The molecule has 2 aliphatic heterocycles. The van der Waals surface area contributed by atoms with Gasteiger partial charge in [-0.05, 0) is 64.0 Å². The van der Waals surface area contributed by atoms with E-state index in [0.717, 1.165) is 5.57 Å². The third-order valence-electron chi connectivity index (χ3n) is 7.78. The predicted molar refractivity (Wildman–Crippen MR) is 146 cm³/mol. The van der Waals surface area contributed by atoms with Gasteiger partial charge in [-0.3, -0.25) is 9.59 Å². The molecule has 0 aromatic carbocycles. The van der Waals surface area contributed by atoms with Gasteiger partial charge in [0.2, 0.25) is 0 Å². The second kappa shape index (κ2) is 14.0. The zero-order valence-corrected chi connectivity index (χ0v) is 24.4. The molecule has 0 aromatic rings. The first kappa shape index (κ1) is 33.2. The van der Waals surface area contributed by atoms with E-state index in [1.54, 1.807) is 26.0 Å². The Hall–Kier alpha value is -2.04. The number of carbonyl (C=O) groups excluding carboxylic acids is 2. The largest absolute Gasteiger partial charge is 0.457 e. The summed E-state index contributed by atoms with van der Waals surface area (Å²) in [6, 6.07) is 0. The molecule has 0 aromatic heterocycles. The molecular formula is C30H48O9. The summed E-state index contributed by atoms with van der Waals surface area (Å²) in [7, 11) is 0. The van der Waals surface area contributed by atoms with Gasteiger partial charge in [0.05, 0.1) is 24.7 Å². The summed E-state index contributed by atoms with van der Waals surface area (Å²) in [4.78, 5) is 24.3. The van der Waals surface area contributed by atoms with Gasteiger partial charge in [0.1, 0.15) is 29.5 Å². The van der Waals surface area contributed by atoms with Crippen LogP contribution in [-0.2, 0) is 23.8 Å². The van der Waals surface area contributed by atoms with Crippen molar-refractivity contribution < 1.29 is 44.2 Å². The molecule has 2 aliphatic rings. The summed E-state index contributed by atoms with van der Waals surface area (Å²) in [5, 5.41) is 42.4. The van der Waals surface area contributed by atoms with Gasteiger partial charge in [-0.2, -0.15) is 0 Å². The Labute approximate surface area is 232 Å². The summed E-state index contributed by atoms with van der Waals surface area (Å²) in [6.07, 6.45) is 5.79. The zero-order valence-electron chi connectivity index (χ0n) is 24.4. The molecular weight excluding hydrogens is 504 g/mol. The lowest BCUT2D eigenvalue weighted by molar-refractivity contribution is -0.157. The van der Waals surface area contributed by atoms with E-state index in [1.165, 1.54) is 6.92 Å². The van der Waals surface area contributed by atoms with Crippen LogP contribution in [-0.4, -0.2) is 80.2 Å². The van der Waals surface area contributed by atoms with Crippen LogP contribution in [0.2, 0.25) is 0 Å². The smallest absolute Gasteiger partial charge is 0.309 e. The van der Waals surface area contributed by atoms with Crippen molar-refractivity contribution in [3.05, 3.63) is 36.0 Å². The fourth-order valence-corrected chi connectivity index (χ4v) is 5.25. The van der Waals surface area contributed by atoms with Crippen molar-refractivity contribution in [3.63, 3.8) is 0 Å².